The van der Waals surface area contributed by atoms with Gasteiger partial charge in [0.05, 0.1) is 7.11 Å². The minimum atomic E-state index is -3.70. The SMILES string of the molecule is COc1ccc(C(=O)N(C)C2CCNC2)cc1S(=O)(=O)N1CCCCCC1. The number of likely N-dealkylation sites (N-methyl/N-ethyl adjacent to an activating group) is 1. The van der Waals surface area contributed by atoms with Crippen molar-refractivity contribution in [2.24, 2.45) is 0 Å². The molecule has 2 aliphatic rings. The van der Waals surface area contributed by atoms with E-state index in [2.05, 4.69) is 5.32 Å². The minimum absolute atomic E-state index is 0.0793. The summed E-state index contributed by atoms with van der Waals surface area (Å²) in [7, 11) is -0.480. The zero-order chi connectivity index (χ0) is 19.4. The smallest absolute Gasteiger partial charge is 0.253 e. The van der Waals surface area contributed by atoms with Crippen LogP contribution in [-0.4, -0.2) is 69.9 Å². The monoisotopic (exact) mass is 395 g/mol. The van der Waals surface area contributed by atoms with Gasteiger partial charge < -0.3 is 15.0 Å². The molecule has 1 unspecified atom stereocenters. The second kappa shape index (κ2) is 8.58. The summed E-state index contributed by atoms with van der Waals surface area (Å²) in [5.41, 5.74) is 0.374. The maximum absolute atomic E-state index is 13.2. The molecule has 0 saturated carbocycles. The van der Waals surface area contributed by atoms with Gasteiger partial charge in [0.15, 0.2) is 0 Å². The normalized spacial score (nSPS) is 21.6. The maximum Gasteiger partial charge on any atom is 0.253 e. The molecule has 0 bridgehead atoms. The van der Waals surface area contributed by atoms with Gasteiger partial charge in [-0.15, -0.1) is 0 Å². The molecule has 1 amide bonds. The molecule has 1 aromatic rings. The lowest BCUT2D eigenvalue weighted by atomic mass is 10.1. The van der Waals surface area contributed by atoms with Crippen LogP contribution in [0.1, 0.15) is 42.5 Å². The lowest BCUT2D eigenvalue weighted by Gasteiger charge is -2.25. The summed E-state index contributed by atoms with van der Waals surface area (Å²) in [6, 6.07) is 4.82. The van der Waals surface area contributed by atoms with Crippen molar-refractivity contribution in [2.75, 3.05) is 40.3 Å². The number of rotatable bonds is 5. The van der Waals surface area contributed by atoms with E-state index in [4.69, 9.17) is 4.74 Å². The Morgan fingerprint density at radius 1 is 1.22 bits per heavy atom. The summed E-state index contributed by atoms with van der Waals surface area (Å²) in [4.78, 5) is 14.7. The average Bonchev–Trinajstić information content (AvgIpc) is 3.07. The fourth-order valence-corrected chi connectivity index (χ4v) is 5.47. The van der Waals surface area contributed by atoms with E-state index >= 15 is 0 Å². The van der Waals surface area contributed by atoms with E-state index in [1.807, 2.05) is 0 Å². The Morgan fingerprint density at radius 3 is 2.52 bits per heavy atom. The van der Waals surface area contributed by atoms with Crippen LogP contribution < -0.4 is 10.1 Å². The van der Waals surface area contributed by atoms with Crippen molar-refractivity contribution in [3.63, 3.8) is 0 Å². The molecule has 0 spiro atoms. The second-order valence-electron chi connectivity index (χ2n) is 7.25. The Labute approximate surface area is 161 Å². The second-order valence-corrected chi connectivity index (χ2v) is 9.15. The standard InChI is InChI=1S/C19H29N3O4S/c1-21(16-9-10-20-14-16)19(23)15-7-8-17(26-2)18(13-15)27(24,25)22-11-5-3-4-6-12-22/h7-8,13,16,20H,3-6,9-12,14H2,1-2H3. The third kappa shape index (κ3) is 4.28. The first-order chi connectivity index (χ1) is 12.9. The summed E-state index contributed by atoms with van der Waals surface area (Å²) >= 11 is 0. The van der Waals surface area contributed by atoms with Crippen LogP contribution in [0.4, 0.5) is 0 Å². The van der Waals surface area contributed by atoms with Crippen LogP contribution in [-0.2, 0) is 10.0 Å². The van der Waals surface area contributed by atoms with Crippen molar-refractivity contribution in [2.45, 2.75) is 43.0 Å². The highest BCUT2D eigenvalue weighted by Gasteiger charge is 2.30. The van der Waals surface area contributed by atoms with Gasteiger partial charge in [-0.3, -0.25) is 4.79 Å². The zero-order valence-electron chi connectivity index (χ0n) is 16.1. The molecule has 2 aliphatic heterocycles. The van der Waals surface area contributed by atoms with Gasteiger partial charge in [-0.05, 0) is 44.0 Å². The Kier molecular flexibility index (Phi) is 6.39. The molecule has 0 radical (unpaired) electrons. The molecule has 3 rings (SSSR count). The quantitative estimate of drug-likeness (QED) is 0.821. The topological polar surface area (TPSA) is 79.0 Å². The van der Waals surface area contributed by atoms with Crippen LogP contribution in [0.3, 0.4) is 0 Å². The minimum Gasteiger partial charge on any atom is -0.495 e. The number of sulfonamides is 1. The Bertz CT molecular complexity index is 767. The molecule has 1 aromatic carbocycles. The number of nitrogens with zero attached hydrogens (tertiary/aromatic N) is 2. The molecule has 2 saturated heterocycles. The predicted octanol–water partition coefficient (Wildman–Crippen LogP) is 1.69. The van der Waals surface area contributed by atoms with Gasteiger partial charge >= 0.3 is 0 Å². The Balaban J connectivity index is 1.92. The van der Waals surface area contributed by atoms with Gasteiger partial charge in [-0.1, -0.05) is 12.8 Å². The van der Waals surface area contributed by atoms with Crippen molar-refractivity contribution in [3.05, 3.63) is 23.8 Å². The first-order valence-electron chi connectivity index (χ1n) is 9.61. The van der Waals surface area contributed by atoms with Crippen LogP contribution >= 0.6 is 0 Å². The lowest BCUT2D eigenvalue weighted by molar-refractivity contribution is 0.0743. The number of hydrogen-bond donors (Lipinski definition) is 1. The zero-order valence-corrected chi connectivity index (χ0v) is 16.9. The maximum atomic E-state index is 13.2. The number of amides is 1. The largest absolute Gasteiger partial charge is 0.495 e. The van der Waals surface area contributed by atoms with E-state index in [1.54, 1.807) is 24.1 Å². The first kappa shape index (κ1) is 20.1. The predicted molar refractivity (Wildman–Crippen MR) is 104 cm³/mol. The highest BCUT2D eigenvalue weighted by atomic mass is 32.2. The van der Waals surface area contributed by atoms with Gasteiger partial charge in [-0.2, -0.15) is 4.31 Å². The van der Waals surface area contributed by atoms with Crippen LogP contribution in [0, 0.1) is 0 Å². The molecule has 0 aliphatic carbocycles. The molecule has 1 atom stereocenters. The summed E-state index contributed by atoms with van der Waals surface area (Å²) in [5.74, 6) is 0.111. The van der Waals surface area contributed by atoms with Gasteiger partial charge in [0.2, 0.25) is 10.0 Å². The number of carbonyl (C=O) groups excluding carboxylic acids is 1. The summed E-state index contributed by atoms with van der Waals surface area (Å²) in [6.45, 7) is 2.67. The molecule has 2 fully saturated rings. The third-order valence-corrected chi connectivity index (χ3v) is 7.42. The summed E-state index contributed by atoms with van der Waals surface area (Å²) in [6.07, 6.45) is 4.70. The lowest BCUT2D eigenvalue weighted by Crippen LogP contribution is -2.38. The molecular weight excluding hydrogens is 366 g/mol. The summed E-state index contributed by atoms with van der Waals surface area (Å²) in [5, 5.41) is 3.25. The number of benzene rings is 1. The highest BCUT2D eigenvalue weighted by Crippen LogP contribution is 2.30. The Morgan fingerprint density at radius 2 is 1.93 bits per heavy atom. The molecule has 1 N–H and O–H groups in total. The van der Waals surface area contributed by atoms with Gasteiger partial charge in [-0.25, -0.2) is 8.42 Å². The number of nitrogens with one attached hydrogen (secondary N) is 1. The van der Waals surface area contributed by atoms with Crippen LogP contribution in [0.15, 0.2) is 23.1 Å². The van der Waals surface area contributed by atoms with E-state index in [-0.39, 0.29) is 22.6 Å². The third-order valence-electron chi connectivity index (χ3n) is 5.50. The van der Waals surface area contributed by atoms with Crippen LogP contribution in [0.2, 0.25) is 0 Å². The molecule has 0 aromatic heterocycles. The van der Waals surface area contributed by atoms with Crippen molar-refractivity contribution < 1.29 is 17.9 Å². The van der Waals surface area contributed by atoms with Crippen molar-refractivity contribution in [1.29, 1.82) is 0 Å². The molecule has 2 heterocycles. The van der Waals surface area contributed by atoms with E-state index < -0.39 is 10.0 Å². The van der Waals surface area contributed by atoms with Gasteiger partial charge in [0.1, 0.15) is 10.6 Å². The highest BCUT2D eigenvalue weighted by molar-refractivity contribution is 7.89. The Hall–Kier alpha value is -1.64. The van der Waals surface area contributed by atoms with E-state index in [0.29, 0.717) is 18.7 Å². The van der Waals surface area contributed by atoms with E-state index in [1.165, 1.54) is 17.5 Å². The molecule has 8 heteroatoms. The van der Waals surface area contributed by atoms with Crippen LogP contribution in [0.25, 0.3) is 0 Å². The molecule has 7 nitrogen and oxygen atoms in total. The van der Waals surface area contributed by atoms with Gasteiger partial charge in [0, 0.05) is 38.3 Å². The molecular formula is C19H29N3O4S. The summed E-state index contributed by atoms with van der Waals surface area (Å²) < 4.78 is 33.3. The van der Waals surface area contributed by atoms with Crippen LogP contribution in [0.5, 0.6) is 5.75 Å². The van der Waals surface area contributed by atoms with Crippen molar-refractivity contribution in [3.8, 4) is 5.75 Å². The number of carbonyl (C=O) groups is 1. The van der Waals surface area contributed by atoms with Gasteiger partial charge in [0.25, 0.3) is 5.91 Å². The van der Waals surface area contributed by atoms with E-state index in [9.17, 15) is 13.2 Å². The first-order valence-corrected chi connectivity index (χ1v) is 11.0. The van der Waals surface area contributed by atoms with Crippen molar-refractivity contribution >= 4 is 15.9 Å². The molecule has 27 heavy (non-hydrogen) atoms. The fourth-order valence-electron chi connectivity index (χ4n) is 3.77. The average molecular weight is 396 g/mol. The number of hydrogen-bond acceptors (Lipinski definition) is 5. The number of ether oxygens (including phenoxy) is 1. The molecule has 150 valence electrons. The number of methoxy groups -OCH3 is 1. The fraction of sp³-hybridized carbons (Fsp3) is 0.632. The van der Waals surface area contributed by atoms with Crippen molar-refractivity contribution in [1.82, 2.24) is 14.5 Å². The van der Waals surface area contributed by atoms with E-state index in [0.717, 1.165) is 45.2 Å².